The Hall–Kier alpha value is -1.51. The Bertz CT molecular complexity index is 912. The van der Waals surface area contributed by atoms with Crippen LogP contribution in [0.1, 0.15) is 200 Å². The van der Waals surface area contributed by atoms with Crippen LogP contribution in [0.5, 0.6) is 0 Å². The predicted octanol–water partition coefficient (Wildman–Crippen LogP) is 11.6. The smallest absolute Gasteiger partial charge is 0.463 e. The molecule has 2 atom stereocenters. The molecule has 9 nitrogen and oxygen atoms in total. The van der Waals surface area contributed by atoms with Crippen LogP contribution in [0.3, 0.4) is 0 Å². The highest BCUT2D eigenvalue weighted by molar-refractivity contribution is 7.47. The highest BCUT2D eigenvalue weighted by Crippen LogP contribution is 2.42. The summed E-state index contributed by atoms with van der Waals surface area (Å²) >= 11 is 0. The predicted molar refractivity (Wildman–Crippen MR) is 215 cm³/mol. The first-order valence-electron chi connectivity index (χ1n) is 21.3. The molecule has 0 fully saturated rings. The van der Waals surface area contributed by atoms with E-state index in [1.807, 2.05) is 0 Å². The Morgan fingerprint density at radius 1 is 0.596 bits per heavy atom. The van der Waals surface area contributed by atoms with Gasteiger partial charge in [-0.3, -0.25) is 18.6 Å². The summed E-state index contributed by atoms with van der Waals surface area (Å²) in [5.41, 5.74) is 0. The Morgan fingerprint density at radius 2 is 1.04 bits per heavy atom. The number of allylic oxidation sites excluding steroid dienone is 4. The van der Waals surface area contributed by atoms with Crippen LogP contribution in [0, 0.1) is 0 Å². The summed E-state index contributed by atoms with van der Waals surface area (Å²) in [6.07, 6.45) is 41.0. The second-order valence-corrected chi connectivity index (χ2v) is 15.8. The fraction of sp³-hybridized carbons (Fsp3) is 0.857. The van der Waals surface area contributed by atoms with Crippen molar-refractivity contribution in [2.24, 2.45) is 0 Å². The number of carbonyl (C=O) groups excluding carboxylic acids is 2. The second kappa shape index (κ2) is 39.2. The van der Waals surface area contributed by atoms with Crippen molar-refractivity contribution in [3.8, 4) is 0 Å². The lowest BCUT2D eigenvalue weighted by Crippen LogP contribution is -2.27. The fourth-order valence-corrected chi connectivity index (χ4v) is 6.64. The van der Waals surface area contributed by atoms with Crippen molar-refractivity contribution >= 4 is 19.7 Å². The molecule has 0 saturated carbocycles. The van der Waals surface area contributed by atoms with E-state index in [9.17, 15) is 24.2 Å². The van der Waals surface area contributed by atoms with Crippen molar-refractivity contribution in [2.45, 2.75) is 206 Å². The normalized spacial score (nSPS) is 13.5. The van der Waals surface area contributed by atoms with Crippen LogP contribution in [-0.2, 0) is 27.9 Å². The maximum atomic E-state index is 12.1. The molecule has 0 bridgehead atoms. The molecular formula is C42H80NO8P. The van der Waals surface area contributed by atoms with Gasteiger partial charge < -0.3 is 20.1 Å². The fourth-order valence-electron chi connectivity index (χ4n) is 5.88. The van der Waals surface area contributed by atoms with Crippen LogP contribution in [0.2, 0.25) is 0 Å². The average molecular weight is 758 g/mol. The minimum absolute atomic E-state index is 0.0833. The molecule has 0 saturated heterocycles. The van der Waals surface area contributed by atoms with E-state index in [1.54, 1.807) is 0 Å². The van der Waals surface area contributed by atoms with E-state index < -0.39 is 26.5 Å². The SMILES string of the molecule is CCCCC/C=C\C/C=C\CCCCCCCC(=O)OCC(O)COP(=O)(O)OCCNC(=O)CCCCCCCCCCCCCCCCCC. The van der Waals surface area contributed by atoms with Gasteiger partial charge in [0.05, 0.1) is 13.2 Å². The van der Waals surface area contributed by atoms with Crippen LogP contribution in [0.4, 0.5) is 0 Å². The first-order valence-corrected chi connectivity index (χ1v) is 22.8. The lowest BCUT2D eigenvalue weighted by atomic mass is 10.0. The molecule has 306 valence electrons. The third-order valence-corrected chi connectivity index (χ3v) is 10.1. The Kier molecular flexibility index (Phi) is 38.1. The van der Waals surface area contributed by atoms with Crippen molar-refractivity contribution < 1.29 is 37.9 Å². The Morgan fingerprint density at radius 3 is 1.58 bits per heavy atom. The molecule has 0 aliphatic heterocycles. The summed E-state index contributed by atoms with van der Waals surface area (Å²) in [6.45, 7) is 3.53. The zero-order valence-electron chi connectivity index (χ0n) is 33.5. The largest absolute Gasteiger partial charge is 0.472 e. The van der Waals surface area contributed by atoms with E-state index in [0.29, 0.717) is 6.42 Å². The summed E-state index contributed by atoms with van der Waals surface area (Å²) < 4.78 is 26.8. The van der Waals surface area contributed by atoms with Crippen LogP contribution in [0.25, 0.3) is 0 Å². The van der Waals surface area contributed by atoms with Gasteiger partial charge in [-0.05, 0) is 44.9 Å². The lowest BCUT2D eigenvalue weighted by molar-refractivity contribution is -0.147. The number of unbranched alkanes of at least 4 members (excludes halogenated alkanes) is 23. The minimum atomic E-state index is -4.41. The number of aliphatic hydroxyl groups is 1. The van der Waals surface area contributed by atoms with Crippen molar-refractivity contribution in [1.82, 2.24) is 5.32 Å². The van der Waals surface area contributed by atoms with Crippen LogP contribution in [-0.4, -0.2) is 54.3 Å². The second-order valence-electron chi connectivity index (χ2n) is 14.3. The molecular weight excluding hydrogens is 677 g/mol. The third kappa shape index (κ3) is 39.7. The number of aliphatic hydroxyl groups excluding tert-OH is 1. The standard InChI is InChI=1S/C42H80NO8P/c1-3-5-7-9-11-13-15-17-19-21-22-24-26-28-30-32-34-41(45)43-36-37-50-52(47,48)51-39-40(44)38-49-42(46)35-33-31-29-27-25-23-20-18-16-14-12-10-8-6-4-2/h12,14,18,20,40,44H,3-11,13,15-17,19,21-39H2,1-2H3,(H,43,45)(H,47,48)/b14-12-,20-18-. The number of carbonyl (C=O) groups is 2. The summed E-state index contributed by atoms with van der Waals surface area (Å²) in [5.74, 6) is -0.525. The number of ether oxygens (including phenoxy) is 1. The molecule has 2 unspecified atom stereocenters. The molecule has 0 aliphatic rings. The summed E-state index contributed by atoms with van der Waals surface area (Å²) in [4.78, 5) is 33.9. The molecule has 0 heterocycles. The van der Waals surface area contributed by atoms with Crippen molar-refractivity contribution in [2.75, 3.05) is 26.4 Å². The van der Waals surface area contributed by atoms with E-state index in [1.165, 1.54) is 109 Å². The zero-order valence-corrected chi connectivity index (χ0v) is 34.4. The minimum Gasteiger partial charge on any atom is -0.463 e. The molecule has 0 aromatic heterocycles. The molecule has 0 aromatic carbocycles. The van der Waals surface area contributed by atoms with Gasteiger partial charge in [-0.15, -0.1) is 0 Å². The first-order chi connectivity index (χ1) is 25.3. The van der Waals surface area contributed by atoms with Crippen LogP contribution in [0.15, 0.2) is 24.3 Å². The number of hydrogen-bond acceptors (Lipinski definition) is 7. The quantitative estimate of drug-likeness (QED) is 0.0244. The summed E-state index contributed by atoms with van der Waals surface area (Å²) in [7, 11) is -4.41. The van der Waals surface area contributed by atoms with Gasteiger partial charge in [0, 0.05) is 19.4 Å². The zero-order chi connectivity index (χ0) is 38.2. The average Bonchev–Trinajstić information content (AvgIpc) is 3.13. The molecule has 0 aromatic rings. The molecule has 3 N–H and O–H groups in total. The Labute approximate surface area is 319 Å². The highest BCUT2D eigenvalue weighted by Gasteiger charge is 2.23. The van der Waals surface area contributed by atoms with Gasteiger partial charge >= 0.3 is 13.8 Å². The third-order valence-electron chi connectivity index (χ3n) is 9.13. The first kappa shape index (κ1) is 50.5. The molecule has 0 radical (unpaired) electrons. The van der Waals surface area contributed by atoms with Gasteiger partial charge in [-0.2, -0.15) is 0 Å². The Balaban J connectivity index is 3.60. The number of amides is 1. The number of nitrogens with one attached hydrogen (secondary N) is 1. The monoisotopic (exact) mass is 758 g/mol. The van der Waals surface area contributed by atoms with Gasteiger partial charge in [0.2, 0.25) is 5.91 Å². The number of hydrogen-bond donors (Lipinski definition) is 3. The maximum absolute atomic E-state index is 12.1. The van der Waals surface area contributed by atoms with Gasteiger partial charge in [-0.1, -0.05) is 167 Å². The van der Waals surface area contributed by atoms with E-state index >= 15 is 0 Å². The molecule has 0 rings (SSSR count). The van der Waals surface area contributed by atoms with Crippen molar-refractivity contribution in [3.63, 3.8) is 0 Å². The van der Waals surface area contributed by atoms with Gasteiger partial charge in [-0.25, -0.2) is 4.57 Å². The summed E-state index contributed by atoms with van der Waals surface area (Å²) in [6, 6.07) is 0. The lowest BCUT2D eigenvalue weighted by Gasteiger charge is -2.15. The number of phosphoric ester groups is 1. The van der Waals surface area contributed by atoms with E-state index in [2.05, 4.69) is 43.5 Å². The molecule has 1 amide bonds. The highest BCUT2D eigenvalue weighted by atomic mass is 31.2. The van der Waals surface area contributed by atoms with E-state index in [4.69, 9.17) is 13.8 Å². The molecule has 0 aliphatic carbocycles. The van der Waals surface area contributed by atoms with Gasteiger partial charge in [0.15, 0.2) is 0 Å². The topological polar surface area (TPSA) is 131 Å². The number of rotatable bonds is 40. The molecule has 52 heavy (non-hydrogen) atoms. The van der Waals surface area contributed by atoms with Crippen LogP contribution < -0.4 is 5.32 Å². The maximum Gasteiger partial charge on any atom is 0.472 e. The van der Waals surface area contributed by atoms with Crippen LogP contribution >= 0.6 is 7.82 Å². The molecule has 0 spiro atoms. The van der Waals surface area contributed by atoms with Gasteiger partial charge in [0.25, 0.3) is 0 Å². The summed E-state index contributed by atoms with van der Waals surface area (Å²) in [5, 5.41) is 12.7. The molecule has 10 heteroatoms. The van der Waals surface area contributed by atoms with Crippen molar-refractivity contribution in [3.05, 3.63) is 24.3 Å². The van der Waals surface area contributed by atoms with Gasteiger partial charge in [0.1, 0.15) is 12.7 Å². The van der Waals surface area contributed by atoms with Crippen molar-refractivity contribution in [1.29, 1.82) is 0 Å². The van der Waals surface area contributed by atoms with E-state index in [0.717, 1.165) is 64.2 Å². The van der Waals surface area contributed by atoms with E-state index in [-0.39, 0.29) is 32.1 Å². The number of esters is 1. The number of phosphoric acid groups is 1.